The van der Waals surface area contributed by atoms with E-state index in [4.69, 9.17) is 15.2 Å². The highest BCUT2D eigenvalue weighted by molar-refractivity contribution is 5.40. The molecule has 0 aliphatic carbocycles. The highest BCUT2D eigenvalue weighted by atomic mass is 16.5. The molecule has 2 rings (SSSR count). The molecule has 0 saturated carbocycles. The fraction of sp³-hybridized carbons (Fsp3) is 0.600. The fourth-order valence-corrected chi connectivity index (χ4v) is 2.51. The molecular formula is C15H24N2O2. The van der Waals surface area contributed by atoms with Crippen LogP contribution in [-0.2, 0) is 6.42 Å². The van der Waals surface area contributed by atoms with Crippen LogP contribution in [0.25, 0.3) is 0 Å². The minimum atomic E-state index is 0.395. The molecule has 1 fully saturated rings. The van der Waals surface area contributed by atoms with Gasteiger partial charge in [-0.25, -0.2) is 0 Å². The van der Waals surface area contributed by atoms with E-state index in [0.717, 1.165) is 50.4 Å². The van der Waals surface area contributed by atoms with Gasteiger partial charge in [-0.05, 0) is 44.0 Å². The zero-order chi connectivity index (χ0) is 13.7. The predicted molar refractivity (Wildman–Crippen MR) is 76.9 cm³/mol. The summed E-state index contributed by atoms with van der Waals surface area (Å²) in [5.74, 6) is 1.75. The Morgan fingerprint density at radius 1 is 1.21 bits per heavy atom. The first-order valence-corrected chi connectivity index (χ1v) is 6.91. The molecule has 1 aromatic carbocycles. The second-order valence-corrected chi connectivity index (χ2v) is 5.11. The van der Waals surface area contributed by atoms with Crippen molar-refractivity contribution in [1.82, 2.24) is 4.90 Å². The lowest BCUT2D eigenvalue weighted by atomic mass is 10.0. The SMILES string of the molecule is COc1ccc(CCN2CCC(N)CC2)c(OC)c1. The molecule has 106 valence electrons. The average molecular weight is 264 g/mol. The van der Waals surface area contributed by atoms with Crippen molar-refractivity contribution < 1.29 is 9.47 Å². The zero-order valence-electron chi connectivity index (χ0n) is 11.9. The molecule has 2 N–H and O–H groups in total. The third kappa shape index (κ3) is 3.85. The lowest BCUT2D eigenvalue weighted by Crippen LogP contribution is -2.40. The van der Waals surface area contributed by atoms with E-state index in [-0.39, 0.29) is 0 Å². The molecule has 1 saturated heterocycles. The monoisotopic (exact) mass is 264 g/mol. The molecule has 0 aromatic heterocycles. The standard InChI is InChI=1S/C15H24N2O2/c1-18-14-4-3-12(15(11-14)19-2)5-8-17-9-6-13(16)7-10-17/h3-4,11,13H,5-10,16H2,1-2H3. The Morgan fingerprint density at radius 3 is 2.58 bits per heavy atom. The summed E-state index contributed by atoms with van der Waals surface area (Å²) in [6.07, 6.45) is 3.22. The third-order valence-corrected chi connectivity index (χ3v) is 3.82. The first-order chi connectivity index (χ1) is 9.22. The van der Waals surface area contributed by atoms with Crippen LogP contribution in [0.5, 0.6) is 11.5 Å². The van der Waals surface area contributed by atoms with Crippen molar-refractivity contribution in [1.29, 1.82) is 0 Å². The molecule has 0 unspecified atom stereocenters. The van der Waals surface area contributed by atoms with Crippen molar-refractivity contribution in [2.24, 2.45) is 5.73 Å². The summed E-state index contributed by atoms with van der Waals surface area (Å²) in [5, 5.41) is 0. The summed E-state index contributed by atoms with van der Waals surface area (Å²) in [4.78, 5) is 2.48. The predicted octanol–water partition coefficient (Wildman–Crippen LogP) is 1.67. The van der Waals surface area contributed by atoms with E-state index in [2.05, 4.69) is 11.0 Å². The van der Waals surface area contributed by atoms with Gasteiger partial charge in [0, 0.05) is 18.7 Å². The van der Waals surface area contributed by atoms with Crippen LogP contribution in [0.15, 0.2) is 18.2 Å². The van der Waals surface area contributed by atoms with Gasteiger partial charge in [0.2, 0.25) is 0 Å². The number of nitrogens with zero attached hydrogens (tertiary/aromatic N) is 1. The maximum atomic E-state index is 5.92. The van der Waals surface area contributed by atoms with Gasteiger partial charge in [-0.1, -0.05) is 6.07 Å². The Balaban J connectivity index is 1.91. The van der Waals surface area contributed by atoms with Crippen molar-refractivity contribution in [2.75, 3.05) is 33.9 Å². The van der Waals surface area contributed by atoms with Gasteiger partial charge >= 0.3 is 0 Å². The lowest BCUT2D eigenvalue weighted by Gasteiger charge is -2.30. The van der Waals surface area contributed by atoms with Crippen molar-refractivity contribution in [3.63, 3.8) is 0 Å². The van der Waals surface area contributed by atoms with Crippen LogP contribution in [0.4, 0.5) is 0 Å². The van der Waals surface area contributed by atoms with Gasteiger partial charge in [0.05, 0.1) is 14.2 Å². The Bertz CT molecular complexity index is 401. The Kier molecular flexibility index (Phi) is 5.05. The molecule has 0 atom stereocenters. The van der Waals surface area contributed by atoms with Gasteiger partial charge in [-0.2, -0.15) is 0 Å². The van der Waals surface area contributed by atoms with E-state index in [0.29, 0.717) is 6.04 Å². The topological polar surface area (TPSA) is 47.7 Å². The molecule has 1 aliphatic heterocycles. The smallest absolute Gasteiger partial charge is 0.125 e. The summed E-state index contributed by atoms with van der Waals surface area (Å²) in [7, 11) is 3.38. The normalized spacial score (nSPS) is 17.4. The fourth-order valence-electron chi connectivity index (χ4n) is 2.51. The number of ether oxygens (including phenoxy) is 2. The number of hydrogen-bond acceptors (Lipinski definition) is 4. The number of benzene rings is 1. The number of rotatable bonds is 5. The second kappa shape index (κ2) is 6.78. The Morgan fingerprint density at radius 2 is 1.95 bits per heavy atom. The van der Waals surface area contributed by atoms with Crippen LogP contribution in [0.2, 0.25) is 0 Å². The van der Waals surface area contributed by atoms with Gasteiger partial charge in [0.15, 0.2) is 0 Å². The van der Waals surface area contributed by atoms with Crippen LogP contribution in [0, 0.1) is 0 Å². The highest BCUT2D eigenvalue weighted by Crippen LogP contribution is 2.25. The van der Waals surface area contributed by atoms with Crippen LogP contribution in [0.1, 0.15) is 18.4 Å². The quantitative estimate of drug-likeness (QED) is 0.879. The number of likely N-dealkylation sites (tertiary alicyclic amines) is 1. The van der Waals surface area contributed by atoms with Gasteiger partial charge in [-0.3, -0.25) is 0 Å². The Labute approximate surface area is 115 Å². The van der Waals surface area contributed by atoms with Gasteiger partial charge in [0.1, 0.15) is 11.5 Å². The average Bonchev–Trinajstić information content (AvgIpc) is 2.46. The number of hydrogen-bond donors (Lipinski definition) is 1. The van der Waals surface area contributed by atoms with Gasteiger partial charge in [-0.15, -0.1) is 0 Å². The van der Waals surface area contributed by atoms with Crippen molar-refractivity contribution in [3.8, 4) is 11.5 Å². The van der Waals surface area contributed by atoms with Crippen LogP contribution >= 0.6 is 0 Å². The molecule has 0 amide bonds. The molecular weight excluding hydrogens is 240 g/mol. The summed E-state index contributed by atoms with van der Waals surface area (Å²) in [6, 6.07) is 6.42. The molecule has 0 bridgehead atoms. The van der Waals surface area contributed by atoms with E-state index in [1.807, 2.05) is 12.1 Å². The number of piperidine rings is 1. The Hall–Kier alpha value is -1.26. The summed E-state index contributed by atoms with van der Waals surface area (Å²) < 4.78 is 10.6. The van der Waals surface area contributed by atoms with Crippen LogP contribution < -0.4 is 15.2 Å². The number of methoxy groups -OCH3 is 2. The van der Waals surface area contributed by atoms with Gasteiger partial charge in [0.25, 0.3) is 0 Å². The van der Waals surface area contributed by atoms with Gasteiger partial charge < -0.3 is 20.1 Å². The largest absolute Gasteiger partial charge is 0.497 e. The van der Waals surface area contributed by atoms with Crippen molar-refractivity contribution in [3.05, 3.63) is 23.8 Å². The van der Waals surface area contributed by atoms with E-state index in [1.54, 1.807) is 14.2 Å². The minimum Gasteiger partial charge on any atom is -0.497 e. The lowest BCUT2D eigenvalue weighted by molar-refractivity contribution is 0.215. The first-order valence-electron chi connectivity index (χ1n) is 6.91. The molecule has 4 heteroatoms. The van der Waals surface area contributed by atoms with E-state index in [1.165, 1.54) is 5.56 Å². The minimum absolute atomic E-state index is 0.395. The number of nitrogens with two attached hydrogens (primary N) is 1. The zero-order valence-corrected chi connectivity index (χ0v) is 11.9. The maximum Gasteiger partial charge on any atom is 0.125 e. The molecule has 1 aromatic rings. The molecule has 1 heterocycles. The van der Waals surface area contributed by atoms with E-state index in [9.17, 15) is 0 Å². The van der Waals surface area contributed by atoms with Crippen LogP contribution in [-0.4, -0.2) is 44.8 Å². The van der Waals surface area contributed by atoms with E-state index >= 15 is 0 Å². The molecule has 19 heavy (non-hydrogen) atoms. The van der Waals surface area contributed by atoms with E-state index < -0.39 is 0 Å². The molecule has 0 spiro atoms. The highest BCUT2D eigenvalue weighted by Gasteiger charge is 2.16. The molecule has 0 radical (unpaired) electrons. The van der Waals surface area contributed by atoms with Crippen LogP contribution in [0.3, 0.4) is 0 Å². The first kappa shape index (κ1) is 14.2. The summed E-state index contributed by atoms with van der Waals surface area (Å²) in [6.45, 7) is 3.29. The molecule has 4 nitrogen and oxygen atoms in total. The third-order valence-electron chi connectivity index (χ3n) is 3.82. The summed E-state index contributed by atoms with van der Waals surface area (Å²) in [5.41, 5.74) is 7.16. The maximum absolute atomic E-state index is 5.92. The summed E-state index contributed by atoms with van der Waals surface area (Å²) >= 11 is 0. The van der Waals surface area contributed by atoms with Crippen molar-refractivity contribution >= 4 is 0 Å². The van der Waals surface area contributed by atoms with Crippen molar-refractivity contribution in [2.45, 2.75) is 25.3 Å². The second-order valence-electron chi connectivity index (χ2n) is 5.11. The molecule has 1 aliphatic rings.